The molecule has 10 heteroatoms. The minimum atomic E-state index is -0.678. The number of benzene rings is 1. The highest BCUT2D eigenvalue weighted by atomic mass is 19.1. The van der Waals surface area contributed by atoms with Gasteiger partial charge >= 0.3 is 0 Å². The first-order chi connectivity index (χ1) is 16.5. The van der Waals surface area contributed by atoms with Crippen LogP contribution in [0.5, 0.6) is 0 Å². The minimum absolute atomic E-state index is 0.124. The molecule has 0 atom stereocenters. The van der Waals surface area contributed by atoms with Gasteiger partial charge < -0.3 is 4.74 Å². The van der Waals surface area contributed by atoms with Crippen molar-refractivity contribution in [3.63, 3.8) is 0 Å². The molecule has 0 bridgehead atoms. The van der Waals surface area contributed by atoms with Crippen molar-refractivity contribution in [2.45, 2.75) is 39.2 Å². The highest BCUT2D eigenvalue weighted by molar-refractivity contribution is 5.87. The Labute approximate surface area is 195 Å². The normalized spacial score (nSPS) is 14.1. The van der Waals surface area contributed by atoms with Gasteiger partial charge in [0, 0.05) is 43.2 Å². The van der Waals surface area contributed by atoms with E-state index >= 15 is 0 Å². The summed E-state index contributed by atoms with van der Waals surface area (Å²) < 4.78 is 46.3. The van der Waals surface area contributed by atoms with Crippen molar-refractivity contribution in [2.75, 3.05) is 19.9 Å². The first-order valence-corrected chi connectivity index (χ1v) is 11.1. The summed E-state index contributed by atoms with van der Waals surface area (Å²) in [5.41, 5.74) is 2.90. The largest absolute Gasteiger partial charge is 0.381 e. The second kappa shape index (κ2) is 10.7. The Balaban J connectivity index is 0.000000291. The van der Waals surface area contributed by atoms with Crippen LogP contribution in [0.25, 0.3) is 22.4 Å². The van der Waals surface area contributed by atoms with Gasteiger partial charge in [-0.3, -0.25) is 4.68 Å². The molecule has 0 aliphatic carbocycles. The van der Waals surface area contributed by atoms with Crippen LogP contribution >= 0.6 is 0 Å². The lowest BCUT2D eigenvalue weighted by Crippen LogP contribution is -2.17. The third kappa shape index (κ3) is 5.39. The zero-order valence-electron chi connectivity index (χ0n) is 19.0. The highest BCUT2D eigenvalue weighted by Gasteiger charge is 2.23. The van der Waals surface area contributed by atoms with Gasteiger partial charge in [0.1, 0.15) is 35.3 Å². The van der Waals surface area contributed by atoms with Crippen LogP contribution in [0.2, 0.25) is 0 Å². The van der Waals surface area contributed by atoms with Gasteiger partial charge in [-0.15, -0.1) is 0 Å². The van der Waals surface area contributed by atoms with Gasteiger partial charge in [0.25, 0.3) is 0 Å². The van der Waals surface area contributed by atoms with E-state index in [1.165, 1.54) is 12.1 Å². The van der Waals surface area contributed by atoms with Crippen molar-refractivity contribution in [3.8, 4) is 11.3 Å². The molecule has 0 amide bonds. The molecule has 1 fully saturated rings. The summed E-state index contributed by atoms with van der Waals surface area (Å²) in [6.45, 7) is 5.00. The summed E-state index contributed by atoms with van der Waals surface area (Å²) in [7, 11) is 0. The van der Waals surface area contributed by atoms with E-state index in [2.05, 4.69) is 25.0 Å². The van der Waals surface area contributed by atoms with Crippen LogP contribution in [0, 0.1) is 25.5 Å². The molecule has 5 rings (SSSR count). The number of fused-ring (bicyclic) bond motifs is 1. The van der Waals surface area contributed by atoms with E-state index in [9.17, 15) is 13.2 Å². The van der Waals surface area contributed by atoms with Crippen LogP contribution in [0.1, 0.15) is 36.0 Å². The smallest absolute Gasteiger partial charge is 0.182 e. The van der Waals surface area contributed by atoms with Gasteiger partial charge in [-0.2, -0.15) is 5.10 Å². The van der Waals surface area contributed by atoms with E-state index < -0.39 is 11.6 Å². The summed E-state index contributed by atoms with van der Waals surface area (Å²) in [4.78, 5) is 18.3. The third-order valence-electron chi connectivity index (χ3n) is 5.61. The Hall–Kier alpha value is -3.40. The molecular weight excluding hydrogens is 445 g/mol. The number of hydrogen-bond acceptors (Lipinski definition) is 6. The maximum Gasteiger partial charge on any atom is 0.182 e. The molecule has 0 spiro atoms. The predicted molar refractivity (Wildman–Crippen MR) is 121 cm³/mol. The minimum Gasteiger partial charge on any atom is -0.381 e. The van der Waals surface area contributed by atoms with Crippen LogP contribution in [0.15, 0.2) is 36.7 Å². The molecule has 1 aliphatic heterocycles. The van der Waals surface area contributed by atoms with E-state index in [-0.39, 0.29) is 18.2 Å². The quantitative estimate of drug-likeness (QED) is 0.429. The van der Waals surface area contributed by atoms with Gasteiger partial charge in [0.2, 0.25) is 0 Å². The number of aromatic nitrogens is 6. The standard InChI is InChI=1S/C19H18F2N4O.C5H7FN2/c1-10-11(2)23-19-17(22-10)16(14-4-3-13(20)9-15(14)21)24-18(25-19)12-5-7-26-8-6-12;6-2-5-8-4-1-3-7-8/h3-4,9,12H,5-8H2,1-2H3;1,3-4H,2,5H2. The predicted octanol–water partition coefficient (Wildman–Crippen LogP) is 4.73. The van der Waals surface area contributed by atoms with Crippen LogP contribution in [0.3, 0.4) is 0 Å². The lowest BCUT2D eigenvalue weighted by Gasteiger charge is -2.21. The Morgan fingerprint density at radius 1 is 1.03 bits per heavy atom. The fourth-order valence-electron chi connectivity index (χ4n) is 3.66. The monoisotopic (exact) mass is 470 g/mol. The van der Waals surface area contributed by atoms with Crippen molar-refractivity contribution in [3.05, 3.63) is 65.5 Å². The van der Waals surface area contributed by atoms with Crippen LogP contribution in [-0.4, -0.2) is 49.6 Å². The van der Waals surface area contributed by atoms with E-state index in [4.69, 9.17) is 4.74 Å². The molecule has 1 aromatic carbocycles. The molecule has 0 radical (unpaired) electrons. The lowest BCUT2D eigenvalue weighted by molar-refractivity contribution is 0.0836. The Morgan fingerprint density at radius 2 is 1.79 bits per heavy atom. The fraction of sp³-hybridized carbons (Fsp3) is 0.375. The second-order valence-electron chi connectivity index (χ2n) is 7.97. The number of rotatable bonds is 4. The number of aryl methyl sites for hydroxylation is 3. The number of alkyl halides is 1. The van der Waals surface area contributed by atoms with E-state index in [1.54, 1.807) is 23.1 Å². The fourth-order valence-corrected chi connectivity index (χ4v) is 3.66. The molecule has 1 aliphatic rings. The van der Waals surface area contributed by atoms with Gasteiger partial charge in [-0.25, -0.2) is 33.1 Å². The first-order valence-electron chi connectivity index (χ1n) is 11.1. The molecule has 178 valence electrons. The summed E-state index contributed by atoms with van der Waals surface area (Å²) in [5, 5.41) is 3.78. The summed E-state index contributed by atoms with van der Waals surface area (Å²) in [6.07, 6.45) is 4.97. The van der Waals surface area contributed by atoms with Crippen molar-refractivity contribution in [1.82, 2.24) is 29.7 Å². The molecular formula is C24H25F3N6O. The molecule has 34 heavy (non-hydrogen) atoms. The van der Waals surface area contributed by atoms with E-state index in [0.717, 1.165) is 30.3 Å². The number of nitrogens with zero attached hydrogens (tertiary/aromatic N) is 6. The average Bonchev–Trinajstić information content (AvgIpc) is 3.34. The van der Waals surface area contributed by atoms with Crippen molar-refractivity contribution in [2.24, 2.45) is 0 Å². The van der Waals surface area contributed by atoms with Gasteiger partial charge in [0.15, 0.2) is 5.65 Å². The summed E-state index contributed by atoms with van der Waals surface area (Å²) in [6, 6.07) is 5.23. The maximum absolute atomic E-state index is 14.4. The summed E-state index contributed by atoms with van der Waals surface area (Å²) >= 11 is 0. The third-order valence-corrected chi connectivity index (χ3v) is 5.61. The van der Waals surface area contributed by atoms with E-state index in [0.29, 0.717) is 42.4 Å². The molecule has 7 nitrogen and oxygen atoms in total. The van der Waals surface area contributed by atoms with Crippen LogP contribution in [0.4, 0.5) is 13.2 Å². The Bertz CT molecular complexity index is 1260. The number of halogens is 3. The topological polar surface area (TPSA) is 78.6 Å². The highest BCUT2D eigenvalue weighted by Crippen LogP contribution is 2.31. The van der Waals surface area contributed by atoms with Crippen molar-refractivity contribution in [1.29, 1.82) is 0 Å². The summed E-state index contributed by atoms with van der Waals surface area (Å²) in [5.74, 6) is -0.578. The van der Waals surface area contributed by atoms with Crippen LogP contribution < -0.4 is 0 Å². The second-order valence-corrected chi connectivity index (χ2v) is 7.97. The molecule has 1 saturated heterocycles. The maximum atomic E-state index is 14.4. The molecule has 0 N–H and O–H groups in total. The lowest BCUT2D eigenvalue weighted by atomic mass is 9.99. The molecule has 3 aromatic heterocycles. The average molecular weight is 470 g/mol. The number of ether oxygens (including phenoxy) is 1. The van der Waals surface area contributed by atoms with Crippen molar-refractivity contribution < 1.29 is 17.9 Å². The Kier molecular flexibility index (Phi) is 7.46. The van der Waals surface area contributed by atoms with E-state index in [1.807, 2.05) is 13.8 Å². The zero-order chi connectivity index (χ0) is 24.1. The molecule has 0 saturated carbocycles. The molecule has 0 unspecified atom stereocenters. The molecule has 4 heterocycles. The van der Waals surface area contributed by atoms with Gasteiger partial charge in [-0.1, -0.05) is 0 Å². The first kappa shape index (κ1) is 23.7. The number of hydrogen-bond donors (Lipinski definition) is 0. The van der Waals surface area contributed by atoms with Crippen LogP contribution in [-0.2, 0) is 11.3 Å². The van der Waals surface area contributed by atoms with Gasteiger partial charge in [0.05, 0.1) is 17.9 Å². The zero-order valence-corrected chi connectivity index (χ0v) is 19.0. The SMILES string of the molecule is Cc1nc2nc(C3CCOCC3)nc(-c3ccc(F)cc3F)c2nc1C.FCCn1cccn1. The van der Waals surface area contributed by atoms with Crippen molar-refractivity contribution >= 4 is 11.2 Å². The Morgan fingerprint density at radius 3 is 2.47 bits per heavy atom. The molecule has 4 aromatic rings. The van der Waals surface area contributed by atoms with Gasteiger partial charge in [-0.05, 0) is 44.9 Å².